The molecule has 4 rings (SSSR count). The lowest BCUT2D eigenvalue weighted by Crippen LogP contribution is -2.53. The third-order valence-corrected chi connectivity index (χ3v) is 5.91. The van der Waals surface area contributed by atoms with Crippen molar-refractivity contribution < 1.29 is 5.11 Å². The molecule has 1 aliphatic rings. The molecule has 1 aliphatic heterocycles. The Morgan fingerprint density at radius 2 is 1.89 bits per heavy atom. The predicted molar refractivity (Wildman–Crippen MR) is 110 cm³/mol. The van der Waals surface area contributed by atoms with Crippen LogP contribution < -0.4 is 4.90 Å². The first-order chi connectivity index (χ1) is 13.3. The minimum absolute atomic E-state index is 0.206. The molecule has 1 atom stereocenters. The molecular formula is C21H24N4OS. The average molecular weight is 381 g/mol. The lowest BCUT2D eigenvalue weighted by molar-refractivity contribution is 0.136. The maximum Gasteiger partial charge on any atom is 0.151 e. The molecule has 140 valence electrons. The van der Waals surface area contributed by atoms with Crippen molar-refractivity contribution >= 4 is 17.2 Å². The first-order valence-electron chi connectivity index (χ1n) is 9.35. The summed E-state index contributed by atoms with van der Waals surface area (Å²) in [6, 6.07) is 18.8. The molecule has 2 aromatic heterocycles. The minimum atomic E-state index is 0.206. The number of hydrogen-bond donors (Lipinski definition) is 1. The Bertz CT molecular complexity index is 823. The molecule has 3 aromatic rings. The highest BCUT2D eigenvalue weighted by Crippen LogP contribution is 2.23. The molecule has 0 aliphatic carbocycles. The zero-order valence-electron chi connectivity index (χ0n) is 15.2. The van der Waals surface area contributed by atoms with Crippen molar-refractivity contribution in [3.63, 3.8) is 0 Å². The van der Waals surface area contributed by atoms with Crippen molar-refractivity contribution in [2.75, 3.05) is 31.1 Å². The summed E-state index contributed by atoms with van der Waals surface area (Å²) >= 11 is 1.79. The number of thiophene rings is 1. The number of hydrogen-bond acceptors (Lipinski definition) is 6. The Balaban J connectivity index is 1.45. The van der Waals surface area contributed by atoms with Crippen LogP contribution in [0.4, 0.5) is 5.82 Å². The maximum absolute atomic E-state index is 9.51. The van der Waals surface area contributed by atoms with Gasteiger partial charge < -0.3 is 10.0 Å². The summed E-state index contributed by atoms with van der Waals surface area (Å²) in [6.07, 6.45) is 0.775. The molecule has 0 bridgehead atoms. The van der Waals surface area contributed by atoms with Gasteiger partial charge in [0.15, 0.2) is 5.82 Å². The number of piperazine rings is 1. The fourth-order valence-electron chi connectivity index (χ4n) is 3.59. The van der Waals surface area contributed by atoms with E-state index in [9.17, 15) is 5.11 Å². The molecule has 3 heterocycles. The normalized spacial score (nSPS) is 18.0. The van der Waals surface area contributed by atoms with Gasteiger partial charge in [0.2, 0.25) is 0 Å². The van der Waals surface area contributed by atoms with Crippen LogP contribution >= 0.6 is 11.3 Å². The molecule has 27 heavy (non-hydrogen) atoms. The van der Waals surface area contributed by atoms with Crippen LogP contribution in [0.1, 0.15) is 11.3 Å². The number of aliphatic hydroxyl groups excluding tert-OH is 1. The van der Waals surface area contributed by atoms with Gasteiger partial charge in [-0.2, -0.15) is 0 Å². The molecule has 1 N–H and O–H groups in total. The monoisotopic (exact) mass is 380 g/mol. The molecule has 0 amide bonds. The Morgan fingerprint density at radius 1 is 1.00 bits per heavy atom. The molecule has 0 spiro atoms. The highest BCUT2D eigenvalue weighted by atomic mass is 32.1. The van der Waals surface area contributed by atoms with Crippen LogP contribution in [0, 0.1) is 0 Å². The van der Waals surface area contributed by atoms with E-state index in [1.165, 1.54) is 4.88 Å². The van der Waals surface area contributed by atoms with E-state index in [2.05, 4.69) is 43.6 Å². The smallest absolute Gasteiger partial charge is 0.151 e. The second-order valence-electron chi connectivity index (χ2n) is 6.80. The maximum atomic E-state index is 9.51. The summed E-state index contributed by atoms with van der Waals surface area (Å²) in [5.74, 6) is 0.911. The van der Waals surface area contributed by atoms with Crippen LogP contribution in [0.25, 0.3) is 11.3 Å². The van der Waals surface area contributed by atoms with E-state index in [1.807, 2.05) is 36.4 Å². The number of benzene rings is 1. The van der Waals surface area contributed by atoms with Gasteiger partial charge in [0.1, 0.15) is 0 Å². The van der Waals surface area contributed by atoms with E-state index >= 15 is 0 Å². The van der Waals surface area contributed by atoms with Gasteiger partial charge in [-0.25, -0.2) is 0 Å². The highest BCUT2D eigenvalue weighted by molar-refractivity contribution is 7.09. The van der Waals surface area contributed by atoms with Gasteiger partial charge >= 0.3 is 0 Å². The van der Waals surface area contributed by atoms with Gasteiger partial charge in [-0.1, -0.05) is 36.4 Å². The first kappa shape index (κ1) is 18.1. The standard InChI is InChI=1S/C21H24N4OS/c26-13-10-18-15-25(12-11-24(18)16-19-7-4-14-27-19)21-9-8-20(22-23-21)17-5-2-1-3-6-17/h1-9,14,18,26H,10-13,15-16H2. The van der Waals surface area contributed by atoms with E-state index in [0.29, 0.717) is 6.04 Å². The van der Waals surface area contributed by atoms with Gasteiger partial charge in [0.05, 0.1) is 5.69 Å². The van der Waals surface area contributed by atoms with Gasteiger partial charge in [0, 0.05) is 49.3 Å². The van der Waals surface area contributed by atoms with Gasteiger partial charge in [0.25, 0.3) is 0 Å². The van der Waals surface area contributed by atoms with Crippen molar-refractivity contribution in [1.29, 1.82) is 0 Å². The van der Waals surface area contributed by atoms with Gasteiger partial charge in [-0.3, -0.25) is 4.90 Å². The Hall–Kier alpha value is -2.28. The second kappa shape index (κ2) is 8.61. The molecule has 1 unspecified atom stereocenters. The Labute approximate surface area is 163 Å². The van der Waals surface area contributed by atoms with Crippen molar-refractivity contribution in [2.24, 2.45) is 0 Å². The van der Waals surface area contributed by atoms with Crippen LogP contribution in [-0.4, -0.2) is 52.5 Å². The zero-order chi connectivity index (χ0) is 18.5. The van der Waals surface area contributed by atoms with Crippen LogP contribution in [0.2, 0.25) is 0 Å². The quantitative estimate of drug-likeness (QED) is 0.711. The summed E-state index contributed by atoms with van der Waals surface area (Å²) in [6.45, 7) is 3.91. The largest absolute Gasteiger partial charge is 0.396 e. The molecule has 1 saturated heterocycles. The van der Waals surface area contributed by atoms with Crippen LogP contribution in [0.3, 0.4) is 0 Å². The van der Waals surface area contributed by atoms with E-state index in [4.69, 9.17) is 0 Å². The molecule has 1 aromatic carbocycles. The van der Waals surface area contributed by atoms with E-state index in [-0.39, 0.29) is 6.61 Å². The van der Waals surface area contributed by atoms with Crippen LogP contribution in [0.5, 0.6) is 0 Å². The zero-order valence-corrected chi connectivity index (χ0v) is 16.1. The van der Waals surface area contributed by atoms with Crippen LogP contribution in [0.15, 0.2) is 60.0 Å². The van der Waals surface area contributed by atoms with Gasteiger partial charge in [-0.05, 0) is 30.0 Å². The van der Waals surface area contributed by atoms with E-state index in [1.54, 1.807) is 11.3 Å². The summed E-state index contributed by atoms with van der Waals surface area (Å²) in [5, 5.41) is 20.5. The van der Waals surface area contributed by atoms with E-state index in [0.717, 1.165) is 49.7 Å². The average Bonchev–Trinajstić information content (AvgIpc) is 3.23. The topological polar surface area (TPSA) is 52.5 Å². The third-order valence-electron chi connectivity index (χ3n) is 5.05. The SMILES string of the molecule is OCCC1CN(c2ccc(-c3ccccc3)nn2)CCN1Cc1cccs1. The molecule has 6 heteroatoms. The van der Waals surface area contributed by atoms with Crippen molar-refractivity contribution in [2.45, 2.75) is 19.0 Å². The van der Waals surface area contributed by atoms with Crippen molar-refractivity contribution in [3.8, 4) is 11.3 Å². The summed E-state index contributed by atoms with van der Waals surface area (Å²) in [5.41, 5.74) is 1.97. The first-order valence-corrected chi connectivity index (χ1v) is 10.2. The predicted octanol–water partition coefficient (Wildman–Crippen LogP) is 3.28. The van der Waals surface area contributed by atoms with Crippen molar-refractivity contribution in [3.05, 3.63) is 64.9 Å². The summed E-state index contributed by atoms with van der Waals surface area (Å²) in [7, 11) is 0. The fraction of sp³-hybridized carbons (Fsp3) is 0.333. The molecule has 0 radical (unpaired) electrons. The van der Waals surface area contributed by atoms with E-state index < -0.39 is 0 Å². The van der Waals surface area contributed by atoms with Crippen molar-refractivity contribution in [1.82, 2.24) is 15.1 Å². The van der Waals surface area contributed by atoms with Gasteiger partial charge in [-0.15, -0.1) is 21.5 Å². The molecule has 5 nitrogen and oxygen atoms in total. The summed E-state index contributed by atoms with van der Waals surface area (Å²) in [4.78, 5) is 6.13. The number of aromatic nitrogens is 2. The lowest BCUT2D eigenvalue weighted by atomic mass is 10.1. The Morgan fingerprint density at radius 3 is 2.59 bits per heavy atom. The minimum Gasteiger partial charge on any atom is -0.396 e. The highest BCUT2D eigenvalue weighted by Gasteiger charge is 2.27. The number of anilines is 1. The molecule has 1 fully saturated rings. The Kier molecular flexibility index (Phi) is 5.77. The lowest BCUT2D eigenvalue weighted by Gasteiger charge is -2.41. The molecular weight excluding hydrogens is 356 g/mol. The third kappa shape index (κ3) is 4.35. The van der Waals surface area contributed by atoms with Crippen LogP contribution in [-0.2, 0) is 6.54 Å². The summed E-state index contributed by atoms with van der Waals surface area (Å²) < 4.78 is 0. The second-order valence-corrected chi connectivity index (χ2v) is 7.84. The number of nitrogens with zero attached hydrogens (tertiary/aromatic N) is 4. The number of aliphatic hydroxyl groups is 1. The molecule has 0 saturated carbocycles. The number of rotatable bonds is 6. The fourth-order valence-corrected chi connectivity index (χ4v) is 4.32.